The maximum atomic E-state index is 6.25. The molecule has 0 saturated carbocycles. The van der Waals surface area contributed by atoms with Gasteiger partial charge in [0.05, 0.1) is 11.6 Å². The first-order valence-corrected chi connectivity index (χ1v) is 8.37. The van der Waals surface area contributed by atoms with E-state index in [-0.39, 0.29) is 12.9 Å². The summed E-state index contributed by atoms with van der Waals surface area (Å²) >= 11 is 7.88. The molecular weight excluding hydrogens is 324 g/mol. The summed E-state index contributed by atoms with van der Waals surface area (Å²) in [6.07, 6.45) is 1.87. The second kappa shape index (κ2) is 6.04. The average Bonchev–Trinajstić information content (AvgIpc) is 3.19. The first kappa shape index (κ1) is 14.3. The highest BCUT2D eigenvalue weighted by Gasteiger charge is 2.25. The quantitative estimate of drug-likeness (QED) is 0.860. The summed E-state index contributed by atoms with van der Waals surface area (Å²) in [6.45, 7) is 3.49. The van der Waals surface area contributed by atoms with E-state index in [1.54, 1.807) is 11.3 Å². The number of hydrogen-bond acceptors (Lipinski definition) is 6. The summed E-state index contributed by atoms with van der Waals surface area (Å²) < 4.78 is 16.6. The maximum absolute atomic E-state index is 6.25. The van der Waals surface area contributed by atoms with Gasteiger partial charge in [-0.15, -0.1) is 11.3 Å². The van der Waals surface area contributed by atoms with Crippen LogP contribution in [0.4, 0.5) is 0 Å². The van der Waals surface area contributed by atoms with E-state index in [0.29, 0.717) is 17.4 Å². The Balaban J connectivity index is 1.48. The summed E-state index contributed by atoms with van der Waals surface area (Å²) in [7, 11) is 0. The number of rotatable bonds is 3. The molecular formula is C15H15ClN2O3S. The Kier molecular flexibility index (Phi) is 3.92. The Morgan fingerprint density at radius 3 is 3.18 bits per heavy atom. The first-order chi connectivity index (χ1) is 10.8. The molecule has 1 unspecified atom stereocenters. The van der Waals surface area contributed by atoms with Crippen LogP contribution in [0, 0.1) is 0 Å². The zero-order valence-corrected chi connectivity index (χ0v) is 13.4. The smallest absolute Gasteiger partial charge is 0.231 e. The van der Waals surface area contributed by atoms with Gasteiger partial charge in [0.2, 0.25) is 6.79 Å². The van der Waals surface area contributed by atoms with Gasteiger partial charge in [0, 0.05) is 31.2 Å². The highest BCUT2D eigenvalue weighted by molar-refractivity contribution is 7.09. The topological polar surface area (TPSA) is 43.8 Å². The molecule has 0 bridgehead atoms. The lowest BCUT2D eigenvalue weighted by Crippen LogP contribution is -2.37. The molecule has 0 N–H and O–H groups in total. The number of fused-ring (bicyclic) bond motifs is 1. The van der Waals surface area contributed by atoms with Crippen LogP contribution in [0.15, 0.2) is 23.7 Å². The molecule has 1 fully saturated rings. The van der Waals surface area contributed by atoms with Crippen LogP contribution in [-0.2, 0) is 11.3 Å². The molecule has 0 radical (unpaired) electrons. The van der Waals surface area contributed by atoms with Crippen molar-refractivity contribution in [2.75, 3.05) is 26.5 Å². The minimum absolute atomic E-state index is 0.0539. The Morgan fingerprint density at radius 1 is 1.36 bits per heavy atom. The lowest BCUT2D eigenvalue weighted by atomic mass is 10.1. The molecule has 0 spiro atoms. The third-order valence-corrected chi connectivity index (χ3v) is 4.92. The van der Waals surface area contributed by atoms with Crippen molar-refractivity contribution >= 4 is 22.9 Å². The molecule has 116 valence electrons. The predicted molar refractivity (Wildman–Crippen MR) is 83.7 cm³/mol. The van der Waals surface area contributed by atoms with Gasteiger partial charge >= 0.3 is 0 Å². The van der Waals surface area contributed by atoms with Crippen molar-refractivity contribution in [3.63, 3.8) is 0 Å². The molecule has 1 aromatic heterocycles. The zero-order valence-electron chi connectivity index (χ0n) is 11.8. The maximum Gasteiger partial charge on any atom is 0.231 e. The third kappa shape index (κ3) is 2.79. The van der Waals surface area contributed by atoms with Gasteiger partial charge in [0.25, 0.3) is 0 Å². The van der Waals surface area contributed by atoms with E-state index >= 15 is 0 Å². The molecule has 2 aliphatic rings. The second-order valence-electron chi connectivity index (χ2n) is 5.28. The predicted octanol–water partition coefficient (Wildman–Crippen LogP) is 3.10. The molecule has 7 heteroatoms. The number of ether oxygens (including phenoxy) is 3. The zero-order chi connectivity index (χ0) is 14.9. The number of hydrogen-bond donors (Lipinski definition) is 0. The van der Waals surface area contributed by atoms with E-state index in [1.165, 1.54) is 0 Å². The van der Waals surface area contributed by atoms with Gasteiger partial charge in [0.1, 0.15) is 11.1 Å². The van der Waals surface area contributed by atoms with E-state index in [0.717, 1.165) is 36.0 Å². The molecule has 22 heavy (non-hydrogen) atoms. The van der Waals surface area contributed by atoms with E-state index in [1.807, 2.05) is 23.7 Å². The number of morpholine rings is 1. The monoisotopic (exact) mass is 338 g/mol. The van der Waals surface area contributed by atoms with Gasteiger partial charge in [-0.3, -0.25) is 4.90 Å². The van der Waals surface area contributed by atoms with Crippen LogP contribution in [0.3, 0.4) is 0 Å². The molecule has 3 heterocycles. The van der Waals surface area contributed by atoms with E-state index < -0.39 is 0 Å². The molecule has 2 aliphatic heterocycles. The number of halogens is 1. The number of nitrogens with zero attached hydrogens (tertiary/aromatic N) is 2. The standard InChI is InChI=1S/C15H15ClN2O3S/c16-11-5-10(6-12-14(11)21-9-20-12)7-18-2-3-19-13(8-18)15-17-1-4-22-15/h1,4-6,13H,2-3,7-9H2. The SMILES string of the molecule is Clc1cc(CN2CCOC(c3nccs3)C2)cc2c1OCO2. The minimum Gasteiger partial charge on any atom is -0.454 e. The molecule has 1 aromatic carbocycles. The van der Waals surface area contributed by atoms with Gasteiger partial charge in [-0.2, -0.15) is 0 Å². The Labute approximate surface area is 137 Å². The van der Waals surface area contributed by atoms with Crippen LogP contribution >= 0.6 is 22.9 Å². The second-order valence-corrected chi connectivity index (χ2v) is 6.61. The Bertz CT molecular complexity index is 665. The van der Waals surface area contributed by atoms with Crippen molar-refractivity contribution in [3.8, 4) is 11.5 Å². The third-order valence-electron chi connectivity index (χ3n) is 3.77. The highest BCUT2D eigenvalue weighted by atomic mass is 35.5. The normalized spacial score (nSPS) is 21.2. The number of aromatic nitrogens is 1. The van der Waals surface area contributed by atoms with Crippen LogP contribution in [0.1, 0.15) is 16.7 Å². The fraction of sp³-hybridized carbons (Fsp3) is 0.400. The van der Waals surface area contributed by atoms with Crippen LogP contribution < -0.4 is 9.47 Å². The van der Waals surface area contributed by atoms with Crippen LogP contribution in [-0.4, -0.2) is 36.4 Å². The highest BCUT2D eigenvalue weighted by Crippen LogP contribution is 2.40. The van der Waals surface area contributed by atoms with Crippen LogP contribution in [0.2, 0.25) is 5.02 Å². The summed E-state index contributed by atoms with van der Waals surface area (Å²) in [4.78, 5) is 6.70. The van der Waals surface area contributed by atoms with Gasteiger partial charge in [0.15, 0.2) is 11.5 Å². The summed E-state index contributed by atoms with van der Waals surface area (Å²) in [5.41, 5.74) is 1.12. The van der Waals surface area contributed by atoms with Crippen molar-refractivity contribution in [2.45, 2.75) is 12.6 Å². The molecule has 5 nitrogen and oxygen atoms in total. The van der Waals surface area contributed by atoms with Crippen LogP contribution in [0.25, 0.3) is 0 Å². The molecule has 1 saturated heterocycles. The molecule has 4 rings (SSSR count). The molecule has 1 atom stereocenters. The van der Waals surface area contributed by atoms with Crippen molar-refractivity contribution in [1.82, 2.24) is 9.88 Å². The lowest BCUT2D eigenvalue weighted by molar-refractivity contribution is -0.0330. The van der Waals surface area contributed by atoms with Crippen molar-refractivity contribution < 1.29 is 14.2 Å². The minimum atomic E-state index is 0.0539. The average molecular weight is 339 g/mol. The summed E-state index contributed by atoms with van der Waals surface area (Å²) in [5, 5.41) is 3.62. The van der Waals surface area contributed by atoms with Gasteiger partial charge < -0.3 is 14.2 Å². The van der Waals surface area contributed by atoms with Gasteiger partial charge in [-0.25, -0.2) is 4.98 Å². The Hall–Kier alpha value is -1.34. The number of benzene rings is 1. The van der Waals surface area contributed by atoms with Crippen molar-refractivity contribution in [2.24, 2.45) is 0 Å². The van der Waals surface area contributed by atoms with E-state index in [9.17, 15) is 0 Å². The van der Waals surface area contributed by atoms with E-state index in [2.05, 4.69) is 9.88 Å². The molecule has 0 amide bonds. The fourth-order valence-electron chi connectivity index (χ4n) is 2.76. The van der Waals surface area contributed by atoms with Crippen molar-refractivity contribution in [3.05, 3.63) is 39.3 Å². The summed E-state index contributed by atoms with van der Waals surface area (Å²) in [6, 6.07) is 3.95. The van der Waals surface area contributed by atoms with Gasteiger partial charge in [-0.1, -0.05) is 11.6 Å². The first-order valence-electron chi connectivity index (χ1n) is 7.11. The van der Waals surface area contributed by atoms with Crippen molar-refractivity contribution in [1.29, 1.82) is 0 Å². The Morgan fingerprint density at radius 2 is 2.32 bits per heavy atom. The lowest BCUT2D eigenvalue weighted by Gasteiger charge is -2.32. The fourth-order valence-corrected chi connectivity index (χ4v) is 3.72. The van der Waals surface area contributed by atoms with Gasteiger partial charge in [-0.05, 0) is 17.7 Å². The van der Waals surface area contributed by atoms with E-state index in [4.69, 9.17) is 25.8 Å². The molecule has 0 aliphatic carbocycles. The molecule has 2 aromatic rings. The summed E-state index contributed by atoms with van der Waals surface area (Å²) in [5.74, 6) is 1.38. The number of thiazole rings is 1. The van der Waals surface area contributed by atoms with Crippen LogP contribution in [0.5, 0.6) is 11.5 Å². The largest absolute Gasteiger partial charge is 0.454 e.